The van der Waals surface area contributed by atoms with Gasteiger partial charge in [-0.25, -0.2) is 4.79 Å². The van der Waals surface area contributed by atoms with Gasteiger partial charge in [0.1, 0.15) is 11.6 Å². The number of hydrogen-bond donors (Lipinski definition) is 2. The predicted molar refractivity (Wildman–Crippen MR) is 105 cm³/mol. The van der Waals surface area contributed by atoms with E-state index in [0.29, 0.717) is 12.0 Å². The van der Waals surface area contributed by atoms with Crippen LogP contribution in [0, 0.1) is 5.92 Å². The summed E-state index contributed by atoms with van der Waals surface area (Å²) in [5.41, 5.74) is -0.0327. The van der Waals surface area contributed by atoms with E-state index in [9.17, 15) is 22.8 Å². The summed E-state index contributed by atoms with van der Waals surface area (Å²) in [5.74, 6) is -1.20. The highest BCUT2D eigenvalue weighted by Crippen LogP contribution is 2.15. The number of alkyl halides is 3. The number of benzene rings is 1. The van der Waals surface area contributed by atoms with Crippen LogP contribution in [0.4, 0.5) is 13.2 Å². The molecule has 29 heavy (non-hydrogen) atoms. The van der Waals surface area contributed by atoms with Gasteiger partial charge in [0.05, 0.1) is 12.6 Å². The molecule has 1 rings (SSSR count). The Balaban J connectivity index is 2.95. The van der Waals surface area contributed by atoms with Crippen molar-refractivity contribution in [2.45, 2.75) is 71.3 Å². The molecule has 0 aliphatic carbocycles. The smallest absolute Gasteiger partial charge is 0.401 e. The topological polar surface area (TPSA) is 67.4 Å². The molecule has 0 aliphatic rings. The van der Waals surface area contributed by atoms with Crippen LogP contribution in [-0.2, 0) is 20.7 Å². The number of halogens is 3. The quantitative estimate of drug-likeness (QED) is 0.604. The normalized spacial score (nSPS) is 14.4. The summed E-state index contributed by atoms with van der Waals surface area (Å²) >= 11 is 0. The van der Waals surface area contributed by atoms with Crippen LogP contribution in [-0.4, -0.2) is 42.3 Å². The Bertz CT molecular complexity index is 655. The van der Waals surface area contributed by atoms with Gasteiger partial charge < -0.3 is 10.1 Å². The number of amides is 1. The van der Waals surface area contributed by atoms with Crippen molar-refractivity contribution in [2.24, 2.45) is 5.92 Å². The van der Waals surface area contributed by atoms with E-state index in [2.05, 4.69) is 10.6 Å². The van der Waals surface area contributed by atoms with E-state index >= 15 is 0 Å². The van der Waals surface area contributed by atoms with E-state index < -0.39 is 42.3 Å². The molecule has 8 heteroatoms. The molecule has 0 saturated carbocycles. The minimum absolute atomic E-state index is 0.0610. The van der Waals surface area contributed by atoms with Crippen LogP contribution in [0.5, 0.6) is 0 Å². The average Bonchev–Trinajstić information content (AvgIpc) is 2.56. The van der Waals surface area contributed by atoms with Gasteiger partial charge in [-0.15, -0.1) is 0 Å². The lowest BCUT2D eigenvalue weighted by Crippen LogP contribution is -2.53. The number of nitrogens with one attached hydrogen (secondary N) is 2. The Morgan fingerprint density at radius 1 is 1.03 bits per heavy atom. The van der Waals surface area contributed by atoms with Gasteiger partial charge >= 0.3 is 12.1 Å². The number of rotatable bonds is 9. The fraction of sp³-hybridized carbons (Fsp3) is 0.619. The molecule has 1 aromatic carbocycles. The zero-order valence-electron chi connectivity index (χ0n) is 17.6. The van der Waals surface area contributed by atoms with Crippen molar-refractivity contribution in [1.29, 1.82) is 0 Å². The largest absolute Gasteiger partial charge is 0.458 e. The van der Waals surface area contributed by atoms with Gasteiger partial charge in [0.2, 0.25) is 5.91 Å². The second kappa shape index (κ2) is 10.6. The molecule has 2 atom stereocenters. The van der Waals surface area contributed by atoms with Crippen LogP contribution in [0.25, 0.3) is 0 Å². The van der Waals surface area contributed by atoms with Gasteiger partial charge in [-0.05, 0) is 45.1 Å². The Hall–Kier alpha value is -2.09. The third kappa shape index (κ3) is 10.9. The van der Waals surface area contributed by atoms with E-state index in [0.717, 1.165) is 0 Å². The molecule has 0 aromatic heterocycles. The van der Waals surface area contributed by atoms with E-state index in [1.165, 1.54) is 0 Å². The first kappa shape index (κ1) is 24.9. The summed E-state index contributed by atoms with van der Waals surface area (Å²) in [5, 5.41) is 4.85. The van der Waals surface area contributed by atoms with Crippen LogP contribution in [0.1, 0.15) is 46.6 Å². The van der Waals surface area contributed by atoms with Crippen molar-refractivity contribution >= 4 is 11.9 Å². The first-order valence-corrected chi connectivity index (χ1v) is 9.64. The summed E-state index contributed by atoms with van der Waals surface area (Å²) < 4.78 is 43.5. The molecule has 0 fully saturated rings. The standard InChI is InChI=1S/C21H31F3N2O3/c1-14(2)11-17(19(28)29-20(3,4)5)26-18(27)16(25-13-21(22,23)24)12-15-9-7-6-8-10-15/h6-10,14,16-17,25H,11-13H2,1-5H3,(H,26,27)/t16-,17-/m0/s1. The number of esters is 1. The molecular weight excluding hydrogens is 385 g/mol. The van der Waals surface area contributed by atoms with Crippen LogP contribution >= 0.6 is 0 Å². The van der Waals surface area contributed by atoms with Gasteiger partial charge in [0, 0.05) is 0 Å². The number of ether oxygens (including phenoxy) is 1. The van der Waals surface area contributed by atoms with Crippen molar-refractivity contribution < 1.29 is 27.5 Å². The van der Waals surface area contributed by atoms with Gasteiger partial charge in [-0.3, -0.25) is 10.1 Å². The zero-order chi connectivity index (χ0) is 22.2. The highest BCUT2D eigenvalue weighted by molar-refractivity contribution is 5.87. The zero-order valence-corrected chi connectivity index (χ0v) is 17.6. The van der Waals surface area contributed by atoms with Crippen molar-refractivity contribution in [2.75, 3.05) is 6.54 Å². The molecular formula is C21H31F3N2O3. The van der Waals surface area contributed by atoms with Gasteiger partial charge in [-0.1, -0.05) is 44.2 Å². The third-order valence-corrected chi connectivity index (χ3v) is 3.86. The van der Waals surface area contributed by atoms with Gasteiger partial charge in [0.25, 0.3) is 0 Å². The molecule has 0 bridgehead atoms. The molecule has 2 N–H and O–H groups in total. The van der Waals surface area contributed by atoms with Crippen molar-refractivity contribution in [3.05, 3.63) is 35.9 Å². The average molecular weight is 416 g/mol. The van der Waals surface area contributed by atoms with E-state index in [-0.39, 0.29) is 12.3 Å². The first-order chi connectivity index (χ1) is 13.3. The lowest BCUT2D eigenvalue weighted by Gasteiger charge is -2.27. The lowest BCUT2D eigenvalue weighted by atomic mass is 10.0. The number of carbonyl (C=O) groups is 2. The molecule has 0 spiro atoms. The maximum absolute atomic E-state index is 12.8. The Morgan fingerprint density at radius 2 is 1.62 bits per heavy atom. The molecule has 1 amide bonds. The van der Waals surface area contributed by atoms with Gasteiger partial charge in [0.15, 0.2) is 0 Å². The number of carbonyl (C=O) groups excluding carboxylic acids is 2. The highest BCUT2D eigenvalue weighted by Gasteiger charge is 2.33. The molecule has 0 aliphatic heterocycles. The molecule has 0 saturated heterocycles. The van der Waals surface area contributed by atoms with E-state index in [4.69, 9.17) is 4.74 Å². The first-order valence-electron chi connectivity index (χ1n) is 9.64. The van der Waals surface area contributed by atoms with E-state index in [1.807, 2.05) is 13.8 Å². The van der Waals surface area contributed by atoms with Gasteiger partial charge in [-0.2, -0.15) is 13.2 Å². The molecule has 5 nitrogen and oxygen atoms in total. The second-order valence-electron chi connectivity index (χ2n) is 8.46. The predicted octanol–water partition coefficient (Wildman–Crippen LogP) is 3.62. The van der Waals surface area contributed by atoms with Crippen molar-refractivity contribution in [3.63, 3.8) is 0 Å². The Kier molecular flexibility index (Phi) is 9.14. The maximum atomic E-state index is 12.8. The summed E-state index contributed by atoms with van der Waals surface area (Å²) in [6, 6.07) is 6.66. The SMILES string of the molecule is CC(C)C[C@H](NC(=O)[C@H](Cc1ccccc1)NCC(F)(F)F)C(=O)OC(C)(C)C. The lowest BCUT2D eigenvalue weighted by molar-refractivity contribution is -0.159. The van der Waals surface area contributed by atoms with Crippen LogP contribution in [0.2, 0.25) is 0 Å². The minimum atomic E-state index is -4.46. The fourth-order valence-electron chi connectivity index (χ4n) is 2.68. The van der Waals surface area contributed by atoms with Crippen molar-refractivity contribution in [1.82, 2.24) is 10.6 Å². The monoisotopic (exact) mass is 416 g/mol. The Morgan fingerprint density at radius 3 is 2.10 bits per heavy atom. The second-order valence-corrected chi connectivity index (χ2v) is 8.46. The third-order valence-electron chi connectivity index (χ3n) is 3.86. The molecule has 164 valence electrons. The van der Waals surface area contributed by atoms with Crippen LogP contribution < -0.4 is 10.6 Å². The summed E-state index contributed by atoms with van der Waals surface area (Å²) in [7, 11) is 0. The molecule has 1 aromatic rings. The fourth-order valence-corrected chi connectivity index (χ4v) is 2.68. The van der Waals surface area contributed by atoms with Crippen molar-refractivity contribution in [3.8, 4) is 0 Å². The Labute approximate surface area is 170 Å². The van der Waals surface area contributed by atoms with Crippen LogP contribution in [0.15, 0.2) is 30.3 Å². The molecule has 0 unspecified atom stereocenters. The summed E-state index contributed by atoms with van der Waals surface area (Å²) in [6.07, 6.45) is -4.08. The molecule has 0 radical (unpaired) electrons. The minimum Gasteiger partial charge on any atom is -0.458 e. The number of hydrogen-bond acceptors (Lipinski definition) is 4. The highest BCUT2D eigenvalue weighted by atomic mass is 19.4. The summed E-state index contributed by atoms with van der Waals surface area (Å²) in [4.78, 5) is 25.3. The summed E-state index contributed by atoms with van der Waals surface area (Å²) in [6.45, 7) is 7.59. The van der Waals surface area contributed by atoms with Crippen LogP contribution in [0.3, 0.4) is 0 Å². The molecule has 0 heterocycles. The van der Waals surface area contributed by atoms with E-state index in [1.54, 1.807) is 51.1 Å². The maximum Gasteiger partial charge on any atom is 0.401 e.